The van der Waals surface area contributed by atoms with Crippen LogP contribution in [0.15, 0.2) is 12.1 Å². The fourth-order valence-corrected chi connectivity index (χ4v) is 2.35. The van der Waals surface area contributed by atoms with Crippen molar-refractivity contribution in [3.05, 3.63) is 17.8 Å². The van der Waals surface area contributed by atoms with E-state index in [1.165, 1.54) is 11.6 Å². The largest absolute Gasteiger partial charge is 0.461 e. The summed E-state index contributed by atoms with van der Waals surface area (Å²) < 4.78 is 17.1. The zero-order valence-corrected chi connectivity index (χ0v) is 13.3. The van der Waals surface area contributed by atoms with Gasteiger partial charge < -0.3 is 14.2 Å². The number of fused-ring (bicyclic) bond motifs is 2. The second kappa shape index (κ2) is 5.91. The lowest BCUT2D eigenvalue weighted by Gasteiger charge is -2.05. The molecule has 1 aliphatic rings. The van der Waals surface area contributed by atoms with Gasteiger partial charge in [-0.25, -0.2) is 4.79 Å². The van der Waals surface area contributed by atoms with Crippen molar-refractivity contribution in [2.75, 3.05) is 13.4 Å². The molecule has 1 aromatic carbocycles. The van der Waals surface area contributed by atoms with Crippen molar-refractivity contribution in [2.24, 2.45) is 5.92 Å². The van der Waals surface area contributed by atoms with Gasteiger partial charge in [-0.15, -0.1) is 0 Å². The molecular weight excluding hydrogens is 300 g/mol. The lowest BCUT2D eigenvalue weighted by atomic mass is 10.1. The van der Waals surface area contributed by atoms with E-state index >= 15 is 0 Å². The normalized spacial score (nSPS) is 12.9. The third kappa shape index (κ3) is 2.86. The van der Waals surface area contributed by atoms with E-state index in [9.17, 15) is 9.59 Å². The number of aromatic nitrogens is 2. The van der Waals surface area contributed by atoms with Gasteiger partial charge in [-0.2, -0.15) is 9.78 Å². The van der Waals surface area contributed by atoms with Crippen molar-refractivity contribution in [3.63, 3.8) is 0 Å². The molecule has 0 bridgehead atoms. The Morgan fingerprint density at radius 2 is 2.00 bits per heavy atom. The van der Waals surface area contributed by atoms with Crippen LogP contribution in [-0.2, 0) is 4.74 Å². The minimum atomic E-state index is -0.547. The van der Waals surface area contributed by atoms with Crippen molar-refractivity contribution >= 4 is 22.8 Å². The van der Waals surface area contributed by atoms with Gasteiger partial charge in [0.05, 0.1) is 12.1 Å². The Balaban J connectivity index is 1.99. The first-order valence-electron chi connectivity index (χ1n) is 7.48. The minimum Gasteiger partial charge on any atom is -0.461 e. The molecule has 0 atom stereocenters. The lowest BCUT2D eigenvalue weighted by molar-refractivity contribution is 0.0482. The first kappa shape index (κ1) is 15.3. The van der Waals surface area contributed by atoms with Crippen LogP contribution in [-0.4, -0.2) is 35.1 Å². The molecule has 1 aromatic heterocycles. The van der Waals surface area contributed by atoms with Crippen LogP contribution in [0.4, 0.5) is 0 Å². The molecule has 2 aromatic rings. The van der Waals surface area contributed by atoms with Gasteiger partial charge in [0.2, 0.25) is 12.7 Å². The summed E-state index contributed by atoms with van der Waals surface area (Å²) >= 11 is 0. The number of nitrogens with zero attached hydrogens (tertiary/aromatic N) is 2. The summed E-state index contributed by atoms with van der Waals surface area (Å²) in [5.74, 6) is 0.643. The monoisotopic (exact) mass is 318 g/mol. The van der Waals surface area contributed by atoms with E-state index < -0.39 is 5.97 Å². The van der Waals surface area contributed by atoms with Crippen molar-refractivity contribution in [1.82, 2.24) is 9.78 Å². The Bertz CT molecular complexity index is 778. The van der Waals surface area contributed by atoms with E-state index in [1.807, 2.05) is 13.8 Å². The van der Waals surface area contributed by atoms with E-state index in [-0.39, 0.29) is 18.4 Å². The highest BCUT2D eigenvalue weighted by atomic mass is 16.7. The van der Waals surface area contributed by atoms with Gasteiger partial charge in [-0.3, -0.25) is 4.79 Å². The molecule has 122 valence electrons. The summed E-state index contributed by atoms with van der Waals surface area (Å²) in [4.78, 5) is 24.1. The van der Waals surface area contributed by atoms with Gasteiger partial charge >= 0.3 is 5.97 Å². The molecule has 7 nitrogen and oxygen atoms in total. The number of ether oxygens (including phenoxy) is 3. The molecule has 0 fully saturated rings. The topological polar surface area (TPSA) is 79.7 Å². The molecule has 0 radical (unpaired) electrons. The molecule has 7 heteroatoms. The molecule has 0 unspecified atom stereocenters. The van der Waals surface area contributed by atoms with Gasteiger partial charge in [0.1, 0.15) is 0 Å². The second-order valence-corrected chi connectivity index (χ2v) is 5.82. The smallest absolute Gasteiger partial charge is 0.359 e. The second-order valence-electron chi connectivity index (χ2n) is 5.82. The van der Waals surface area contributed by atoms with Crippen LogP contribution in [0, 0.1) is 5.92 Å². The highest BCUT2D eigenvalue weighted by molar-refractivity contribution is 6.05. The summed E-state index contributed by atoms with van der Waals surface area (Å²) in [5.41, 5.74) is 0.606. The molecular formula is C16H18N2O5. The van der Waals surface area contributed by atoms with E-state index in [1.54, 1.807) is 12.1 Å². The quantitative estimate of drug-likeness (QED) is 0.806. The Morgan fingerprint density at radius 3 is 2.65 bits per heavy atom. The Hall–Kier alpha value is -2.57. The maximum atomic E-state index is 12.3. The Morgan fingerprint density at radius 1 is 1.30 bits per heavy atom. The van der Waals surface area contributed by atoms with Crippen LogP contribution >= 0.6 is 0 Å². The molecule has 0 amide bonds. The molecule has 1 aliphatic heterocycles. The van der Waals surface area contributed by atoms with Crippen molar-refractivity contribution < 1.29 is 23.8 Å². The summed E-state index contributed by atoms with van der Waals surface area (Å²) in [6, 6.07) is 3.31. The van der Waals surface area contributed by atoms with Gasteiger partial charge in [-0.05, 0) is 18.4 Å². The standard InChI is InChI=1S/C16H18N2O5/c1-9(2)4-5-21-16(20)15-11-6-13-14(23-8-22-13)7-12(11)18(17-15)10(3)19/h6-7,9H,4-5,8H2,1-3H3. The molecule has 3 rings (SSSR count). The predicted molar refractivity (Wildman–Crippen MR) is 81.9 cm³/mol. The van der Waals surface area contributed by atoms with E-state index in [0.717, 1.165) is 6.42 Å². The SMILES string of the molecule is CC(=O)n1nc(C(=O)OCCC(C)C)c2cc3c(cc21)OCO3. The van der Waals surface area contributed by atoms with Gasteiger partial charge in [0.15, 0.2) is 17.2 Å². The highest BCUT2D eigenvalue weighted by Crippen LogP contribution is 2.37. The number of hydrogen-bond acceptors (Lipinski definition) is 6. The summed E-state index contributed by atoms with van der Waals surface area (Å²) in [6.45, 7) is 5.91. The third-order valence-corrected chi connectivity index (χ3v) is 3.59. The molecule has 0 aliphatic carbocycles. The molecule has 0 spiro atoms. The highest BCUT2D eigenvalue weighted by Gasteiger charge is 2.24. The average Bonchev–Trinajstić information content (AvgIpc) is 3.07. The molecule has 0 N–H and O–H groups in total. The molecule has 2 heterocycles. The first-order chi connectivity index (χ1) is 11.0. The zero-order chi connectivity index (χ0) is 16.6. The van der Waals surface area contributed by atoms with Crippen LogP contribution in [0.25, 0.3) is 10.9 Å². The summed E-state index contributed by atoms with van der Waals surface area (Å²) in [6.07, 6.45) is 0.767. The Kier molecular flexibility index (Phi) is 3.94. The fraction of sp³-hybridized carbons (Fsp3) is 0.438. The van der Waals surface area contributed by atoms with Gasteiger partial charge in [0.25, 0.3) is 0 Å². The van der Waals surface area contributed by atoms with Gasteiger partial charge in [-0.1, -0.05) is 13.8 Å². The number of hydrogen-bond donors (Lipinski definition) is 0. The summed E-state index contributed by atoms with van der Waals surface area (Å²) in [5, 5.41) is 4.62. The number of rotatable bonds is 4. The number of carbonyl (C=O) groups excluding carboxylic acids is 2. The van der Waals surface area contributed by atoms with Crippen molar-refractivity contribution in [2.45, 2.75) is 27.2 Å². The molecule has 23 heavy (non-hydrogen) atoms. The van der Waals surface area contributed by atoms with Crippen LogP contribution in [0.2, 0.25) is 0 Å². The first-order valence-corrected chi connectivity index (χ1v) is 7.48. The minimum absolute atomic E-state index is 0.109. The lowest BCUT2D eigenvalue weighted by Crippen LogP contribution is -2.12. The zero-order valence-electron chi connectivity index (χ0n) is 13.3. The van der Waals surface area contributed by atoms with Gasteiger partial charge in [0, 0.05) is 18.4 Å². The van der Waals surface area contributed by atoms with Crippen LogP contribution < -0.4 is 9.47 Å². The predicted octanol–water partition coefficient (Wildman–Crippen LogP) is 2.63. The van der Waals surface area contributed by atoms with Crippen LogP contribution in [0.1, 0.15) is 42.5 Å². The number of carbonyl (C=O) groups is 2. The summed E-state index contributed by atoms with van der Waals surface area (Å²) in [7, 11) is 0. The maximum absolute atomic E-state index is 12.3. The molecule has 0 saturated carbocycles. The number of esters is 1. The van der Waals surface area contributed by atoms with E-state index in [4.69, 9.17) is 14.2 Å². The van der Waals surface area contributed by atoms with E-state index in [0.29, 0.717) is 34.9 Å². The Labute approximate surface area is 133 Å². The van der Waals surface area contributed by atoms with Crippen molar-refractivity contribution in [3.8, 4) is 11.5 Å². The van der Waals surface area contributed by atoms with E-state index in [2.05, 4.69) is 5.10 Å². The fourth-order valence-electron chi connectivity index (χ4n) is 2.35. The maximum Gasteiger partial charge on any atom is 0.359 e. The van der Waals surface area contributed by atoms with Crippen molar-refractivity contribution in [1.29, 1.82) is 0 Å². The molecule has 0 saturated heterocycles. The van der Waals surface area contributed by atoms with Crippen LogP contribution in [0.5, 0.6) is 11.5 Å². The number of benzene rings is 1. The average molecular weight is 318 g/mol. The third-order valence-electron chi connectivity index (χ3n) is 3.59. The van der Waals surface area contributed by atoms with Crippen LogP contribution in [0.3, 0.4) is 0 Å².